The van der Waals surface area contributed by atoms with Gasteiger partial charge in [-0.05, 0) is 31.0 Å². The second kappa shape index (κ2) is 8.95. The van der Waals surface area contributed by atoms with Crippen molar-refractivity contribution in [3.05, 3.63) is 59.6 Å². The zero-order valence-corrected chi connectivity index (χ0v) is 16.7. The van der Waals surface area contributed by atoms with Crippen molar-refractivity contribution in [1.82, 2.24) is 25.8 Å². The molecule has 8 nitrogen and oxygen atoms in total. The lowest BCUT2D eigenvalue weighted by molar-refractivity contribution is -0.126. The van der Waals surface area contributed by atoms with Crippen LogP contribution in [0.25, 0.3) is 10.6 Å². The van der Waals surface area contributed by atoms with Gasteiger partial charge in [0, 0.05) is 42.3 Å². The minimum Gasteiger partial charge on any atom is -0.341 e. The summed E-state index contributed by atoms with van der Waals surface area (Å²) in [6.07, 6.45) is 4.64. The number of anilines is 1. The SMILES string of the molecule is O=C(NNC(=O)C1CCN(c2ncccn2)CC1)c1csc(-c2ccccc2F)n1. The maximum absolute atomic E-state index is 13.9. The lowest BCUT2D eigenvalue weighted by Crippen LogP contribution is -2.47. The number of thiazole rings is 1. The van der Waals surface area contributed by atoms with E-state index >= 15 is 0 Å². The number of benzene rings is 1. The molecule has 0 aliphatic carbocycles. The van der Waals surface area contributed by atoms with Crippen LogP contribution in [0.15, 0.2) is 48.1 Å². The lowest BCUT2D eigenvalue weighted by atomic mass is 9.96. The molecule has 0 unspecified atom stereocenters. The number of rotatable bonds is 4. The van der Waals surface area contributed by atoms with Gasteiger partial charge in [-0.25, -0.2) is 19.3 Å². The van der Waals surface area contributed by atoms with Crippen LogP contribution in [0.4, 0.5) is 10.3 Å². The van der Waals surface area contributed by atoms with Crippen LogP contribution < -0.4 is 15.8 Å². The molecule has 1 saturated heterocycles. The Kier molecular flexibility index (Phi) is 5.94. The predicted molar refractivity (Wildman–Crippen MR) is 110 cm³/mol. The van der Waals surface area contributed by atoms with Crippen LogP contribution in [-0.4, -0.2) is 39.9 Å². The van der Waals surface area contributed by atoms with Gasteiger partial charge in [-0.3, -0.25) is 20.4 Å². The highest BCUT2D eigenvalue weighted by Gasteiger charge is 2.26. The number of aromatic nitrogens is 3. The van der Waals surface area contributed by atoms with E-state index in [0.717, 1.165) is 11.3 Å². The minimum atomic E-state index is -0.544. The first-order valence-corrected chi connectivity index (χ1v) is 10.3. The Morgan fingerprint density at radius 1 is 1.07 bits per heavy atom. The van der Waals surface area contributed by atoms with Crippen LogP contribution in [0, 0.1) is 11.7 Å². The molecule has 10 heteroatoms. The zero-order valence-electron chi connectivity index (χ0n) is 15.9. The molecule has 3 heterocycles. The van der Waals surface area contributed by atoms with Crippen LogP contribution in [-0.2, 0) is 4.79 Å². The summed E-state index contributed by atoms with van der Waals surface area (Å²) in [5.74, 6) is -0.758. The molecule has 2 aromatic heterocycles. The fraction of sp³-hybridized carbons (Fsp3) is 0.250. The van der Waals surface area contributed by atoms with E-state index in [1.165, 1.54) is 11.4 Å². The van der Waals surface area contributed by atoms with E-state index in [1.807, 2.05) is 4.90 Å². The van der Waals surface area contributed by atoms with Gasteiger partial charge in [0.25, 0.3) is 5.91 Å². The van der Waals surface area contributed by atoms with Gasteiger partial charge >= 0.3 is 0 Å². The molecule has 0 atom stereocenters. The zero-order chi connectivity index (χ0) is 20.9. The van der Waals surface area contributed by atoms with Crippen molar-refractivity contribution in [3.8, 4) is 10.6 Å². The Bertz CT molecular complexity index is 1040. The van der Waals surface area contributed by atoms with Gasteiger partial charge in [0.15, 0.2) is 0 Å². The predicted octanol–water partition coefficient (Wildman–Crippen LogP) is 2.42. The number of hydrogen-bond donors (Lipinski definition) is 2. The molecule has 0 radical (unpaired) electrons. The normalized spacial score (nSPS) is 14.4. The summed E-state index contributed by atoms with van der Waals surface area (Å²) in [5.41, 5.74) is 5.31. The minimum absolute atomic E-state index is 0.120. The van der Waals surface area contributed by atoms with Gasteiger partial charge in [-0.15, -0.1) is 11.3 Å². The molecule has 3 aromatic rings. The largest absolute Gasteiger partial charge is 0.341 e. The highest BCUT2D eigenvalue weighted by Crippen LogP contribution is 2.26. The summed E-state index contributed by atoms with van der Waals surface area (Å²) >= 11 is 1.16. The van der Waals surface area contributed by atoms with Gasteiger partial charge in [0.1, 0.15) is 16.5 Å². The van der Waals surface area contributed by atoms with E-state index < -0.39 is 11.7 Å². The Labute approximate surface area is 176 Å². The van der Waals surface area contributed by atoms with Gasteiger partial charge < -0.3 is 4.90 Å². The second-order valence-corrected chi connectivity index (χ2v) is 7.63. The quantitative estimate of drug-likeness (QED) is 0.622. The van der Waals surface area contributed by atoms with Crippen molar-refractivity contribution in [3.63, 3.8) is 0 Å². The number of nitrogens with zero attached hydrogens (tertiary/aromatic N) is 4. The summed E-state index contributed by atoms with van der Waals surface area (Å²) in [6.45, 7) is 1.32. The van der Waals surface area contributed by atoms with Gasteiger partial charge in [0.2, 0.25) is 11.9 Å². The third-order valence-corrected chi connectivity index (χ3v) is 5.72. The fourth-order valence-electron chi connectivity index (χ4n) is 3.22. The molecule has 1 aliphatic heterocycles. The summed E-state index contributed by atoms with van der Waals surface area (Å²) in [5, 5.41) is 1.93. The number of piperidine rings is 1. The summed E-state index contributed by atoms with van der Waals surface area (Å²) < 4.78 is 13.9. The third-order valence-electron chi connectivity index (χ3n) is 4.84. The van der Waals surface area contributed by atoms with Crippen LogP contribution in [0.2, 0.25) is 0 Å². The molecule has 2 N–H and O–H groups in total. The smallest absolute Gasteiger partial charge is 0.289 e. The molecule has 2 amide bonds. The average molecular weight is 426 g/mol. The molecule has 0 bridgehead atoms. The van der Waals surface area contributed by atoms with Crippen molar-refractivity contribution in [2.45, 2.75) is 12.8 Å². The highest BCUT2D eigenvalue weighted by molar-refractivity contribution is 7.13. The van der Waals surface area contributed by atoms with Gasteiger partial charge in [0.05, 0.1) is 0 Å². The summed E-state index contributed by atoms with van der Waals surface area (Å²) in [7, 11) is 0. The number of carbonyl (C=O) groups is 2. The van der Waals surface area contributed by atoms with E-state index in [2.05, 4.69) is 25.8 Å². The van der Waals surface area contributed by atoms with E-state index in [4.69, 9.17) is 0 Å². The van der Waals surface area contributed by atoms with Crippen molar-refractivity contribution < 1.29 is 14.0 Å². The average Bonchev–Trinajstić information content (AvgIpc) is 3.28. The van der Waals surface area contributed by atoms with E-state index in [1.54, 1.807) is 36.7 Å². The molecule has 4 rings (SSSR count). The van der Waals surface area contributed by atoms with Crippen LogP contribution in [0.1, 0.15) is 23.3 Å². The lowest BCUT2D eigenvalue weighted by Gasteiger charge is -2.31. The molecule has 1 aromatic carbocycles. The first-order chi connectivity index (χ1) is 14.6. The first kappa shape index (κ1) is 19.9. The van der Waals surface area contributed by atoms with E-state index in [-0.39, 0.29) is 17.5 Å². The Morgan fingerprint density at radius 3 is 2.53 bits per heavy atom. The Hall–Kier alpha value is -3.40. The molecule has 1 aliphatic rings. The number of carbonyl (C=O) groups excluding carboxylic acids is 2. The van der Waals surface area contributed by atoms with E-state index in [0.29, 0.717) is 42.5 Å². The number of hydrogen-bond acceptors (Lipinski definition) is 7. The first-order valence-electron chi connectivity index (χ1n) is 9.44. The molecule has 1 fully saturated rings. The fourth-order valence-corrected chi connectivity index (χ4v) is 4.04. The highest BCUT2D eigenvalue weighted by atomic mass is 32.1. The Morgan fingerprint density at radius 2 is 1.80 bits per heavy atom. The molecular weight excluding hydrogens is 407 g/mol. The maximum Gasteiger partial charge on any atom is 0.289 e. The third kappa shape index (κ3) is 4.43. The molecule has 0 saturated carbocycles. The van der Waals surface area contributed by atoms with Crippen molar-refractivity contribution in [2.75, 3.05) is 18.0 Å². The van der Waals surface area contributed by atoms with E-state index in [9.17, 15) is 14.0 Å². The molecule has 30 heavy (non-hydrogen) atoms. The van der Waals surface area contributed by atoms with Gasteiger partial charge in [-0.2, -0.15) is 0 Å². The number of halogens is 1. The van der Waals surface area contributed by atoms with Crippen LogP contribution in [0.3, 0.4) is 0 Å². The standard InChI is InChI=1S/C20H19FN6O2S/c21-15-5-2-1-4-14(15)19-24-16(12-30-19)18(29)26-25-17(28)13-6-10-27(11-7-13)20-22-8-3-9-23-20/h1-5,8-9,12-13H,6-7,10-11H2,(H,25,28)(H,26,29). The number of amides is 2. The summed E-state index contributed by atoms with van der Waals surface area (Å²) in [6, 6.07) is 7.99. The Balaban J connectivity index is 1.28. The van der Waals surface area contributed by atoms with Crippen LogP contribution >= 0.6 is 11.3 Å². The number of hydrazine groups is 1. The van der Waals surface area contributed by atoms with Crippen molar-refractivity contribution >= 4 is 29.1 Å². The summed E-state index contributed by atoms with van der Waals surface area (Å²) in [4.78, 5) is 39.3. The second-order valence-electron chi connectivity index (χ2n) is 6.77. The van der Waals surface area contributed by atoms with Crippen LogP contribution in [0.5, 0.6) is 0 Å². The molecule has 0 spiro atoms. The molecular formula is C20H19FN6O2S. The van der Waals surface area contributed by atoms with Crippen molar-refractivity contribution in [2.24, 2.45) is 5.92 Å². The maximum atomic E-state index is 13.9. The topological polar surface area (TPSA) is 100 Å². The molecule has 154 valence electrons. The number of nitrogens with one attached hydrogen (secondary N) is 2. The van der Waals surface area contributed by atoms with Gasteiger partial charge in [-0.1, -0.05) is 12.1 Å². The monoisotopic (exact) mass is 426 g/mol. The van der Waals surface area contributed by atoms with Crippen molar-refractivity contribution in [1.29, 1.82) is 0 Å².